The number of hydrogen-bond acceptors (Lipinski definition) is 3. The first kappa shape index (κ1) is 13.3. The summed E-state index contributed by atoms with van der Waals surface area (Å²) in [5.41, 5.74) is 3.86. The van der Waals surface area contributed by atoms with Gasteiger partial charge in [-0.2, -0.15) is 0 Å². The Morgan fingerprint density at radius 3 is 3.00 bits per heavy atom. The van der Waals surface area contributed by atoms with Crippen LogP contribution in [-0.4, -0.2) is 22.5 Å². The van der Waals surface area contributed by atoms with Crippen molar-refractivity contribution in [3.63, 3.8) is 0 Å². The lowest BCUT2D eigenvalue weighted by Gasteiger charge is -2.15. The predicted molar refractivity (Wildman–Crippen MR) is 84.5 cm³/mol. The molecule has 1 aromatic carbocycles. The number of hydrogen-bond donors (Lipinski definition) is 1. The number of aryl methyl sites for hydroxylation is 1. The van der Waals surface area contributed by atoms with Crippen molar-refractivity contribution in [3.8, 4) is 0 Å². The lowest BCUT2D eigenvalue weighted by atomic mass is 10.0. The van der Waals surface area contributed by atoms with Gasteiger partial charge >= 0.3 is 0 Å². The Morgan fingerprint density at radius 2 is 2.25 bits per heavy atom. The molecule has 2 aromatic heterocycles. The minimum absolute atomic E-state index is 0.418. The average Bonchev–Trinajstić information content (AvgIpc) is 2.98. The second-order valence-electron chi connectivity index (χ2n) is 5.21. The summed E-state index contributed by atoms with van der Waals surface area (Å²) >= 11 is 1.68. The highest BCUT2D eigenvalue weighted by Gasteiger charge is 2.11. The van der Waals surface area contributed by atoms with E-state index in [1.165, 1.54) is 11.1 Å². The molecule has 1 unspecified atom stereocenters. The van der Waals surface area contributed by atoms with E-state index < -0.39 is 0 Å². The molecule has 3 aromatic rings. The van der Waals surface area contributed by atoms with Gasteiger partial charge in [0.2, 0.25) is 0 Å². The highest BCUT2D eigenvalue weighted by molar-refractivity contribution is 7.15. The van der Waals surface area contributed by atoms with Gasteiger partial charge in [-0.1, -0.05) is 29.8 Å². The van der Waals surface area contributed by atoms with Crippen LogP contribution in [0.4, 0.5) is 0 Å². The van der Waals surface area contributed by atoms with Crippen LogP contribution in [-0.2, 0) is 12.8 Å². The van der Waals surface area contributed by atoms with E-state index in [1.54, 1.807) is 11.3 Å². The van der Waals surface area contributed by atoms with Crippen LogP contribution >= 0.6 is 11.3 Å². The predicted octanol–water partition coefficient (Wildman–Crippen LogP) is 3.08. The molecule has 3 rings (SSSR count). The quantitative estimate of drug-likeness (QED) is 0.780. The summed E-state index contributed by atoms with van der Waals surface area (Å²) in [7, 11) is 2.03. The monoisotopic (exact) mass is 285 g/mol. The minimum Gasteiger partial charge on any atom is -0.316 e. The van der Waals surface area contributed by atoms with Gasteiger partial charge in [0.05, 0.1) is 5.69 Å². The van der Waals surface area contributed by atoms with Crippen molar-refractivity contribution >= 4 is 16.3 Å². The third-order valence-corrected chi connectivity index (χ3v) is 4.34. The van der Waals surface area contributed by atoms with Crippen molar-refractivity contribution in [2.24, 2.45) is 0 Å². The number of thiazole rings is 1. The molecule has 0 saturated heterocycles. The van der Waals surface area contributed by atoms with Gasteiger partial charge in [-0.05, 0) is 26.0 Å². The Hall–Kier alpha value is -1.65. The Labute approximate surface area is 123 Å². The van der Waals surface area contributed by atoms with E-state index in [9.17, 15) is 0 Å². The molecule has 104 valence electrons. The molecule has 20 heavy (non-hydrogen) atoms. The third kappa shape index (κ3) is 2.92. The van der Waals surface area contributed by atoms with Gasteiger partial charge in [0.1, 0.15) is 0 Å². The number of benzene rings is 1. The van der Waals surface area contributed by atoms with Crippen LogP contribution in [0.3, 0.4) is 0 Å². The number of nitrogens with one attached hydrogen (secondary N) is 1. The number of likely N-dealkylation sites (N-methyl/N-ethyl adjacent to an activating group) is 1. The number of fused-ring (bicyclic) bond motifs is 1. The summed E-state index contributed by atoms with van der Waals surface area (Å²) < 4.78 is 2.10. The lowest BCUT2D eigenvalue weighted by molar-refractivity contribution is 0.551. The lowest BCUT2D eigenvalue weighted by Crippen LogP contribution is -2.30. The molecule has 0 saturated carbocycles. The molecule has 2 heterocycles. The first-order valence-electron chi connectivity index (χ1n) is 6.88. The Balaban J connectivity index is 1.72. The van der Waals surface area contributed by atoms with Crippen LogP contribution < -0.4 is 5.32 Å². The Bertz CT molecular complexity index is 670. The highest BCUT2D eigenvalue weighted by Crippen LogP contribution is 2.14. The normalized spacial score (nSPS) is 12.9. The summed E-state index contributed by atoms with van der Waals surface area (Å²) in [6, 6.07) is 9.14. The number of rotatable bonds is 5. The van der Waals surface area contributed by atoms with E-state index in [1.807, 2.05) is 7.05 Å². The van der Waals surface area contributed by atoms with Crippen LogP contribution in [0.2, 0.25) is 0 Å². The molecule has 0 bridgehead atoms. The zero-order valence-electron chi connectivity index (χ0n) is 11.8. The summed E-state index contributed by atoms with van der Waals surface area (Å²) in [6.07, 6.45) is 6.18. The molecule has 0 aliphatic rings. The second kappa shape index (κ2) is 5.77. The molecule has 4 heteroatoms. The maximum absolute atomic E-state index is 4.66. The van der Waals surface area contributed by atoms with Crippen LogP contribution in [0.5, 0.6) is 0 Å². The standard InChI is InChI=1S/C16H19N3S/c1-12-4-3-5-13(8-12)9-14(17-2)10-15-11-19-6-7-20-16(19)18-15/h3-8,11,14,17H,9-10H2,1-2H3. The van der Waals surface area contributed by atoms with Gasteiger partial charge in [0.15, 0.2) is 4.96 Å². The van der Waals surface area contributed by atoms with Crippen molar-refractivity contribution in [2.75, 3.05) is 7.05 Å². The number of aromatic nitrogens is 2. The number of nitrogens with zero attached hydrogens (tertiary/aromatic N) is 2. The largest absolute Gasteiger partial charge is 0.316 e. The Kier molecular flexibility index (Phi) is 3.85. The SMILES string of the molecule is CNC(Cc1cccc(C)c1)Cc1cn2ccsc2n1. The zero-order chi connectivity index (χ0) is 13.9. The van der Waals surface area contributed by atoms with Gasteiger partial charge in [-0.3, -0.25) is 4.40 Å². The van der Waals surface area contributed by atoms with Gasteiger partial charge < -0.3 is 5.32 Å². The fraction of sp³-hybridized carbons (Fsp3) is 0.312. The molecule has 1 atom stereocenters. The van der Waals surface area contributed by atoms with Gasteiger partial charge in [-0.25, -0.2) is 4.98 Å². The summed E-state index contributed by atoms with van der Waals surface area (Å²) in [5.74, 6) is 0. The maximum Gasteiger partial charge on any atom is 0.193 e. The zero-order valence-corrected chi connectivity index (χ0v) is 12.7. The van der Waals surface area contributed by atoms with Crippen LogP contribution in [0.1, 0.15) is 16.8 Å². The van der Waals surface area contributed by atoms with Crippen molar-refractivity contribution in [3.05, 3.63) is 58.9 Å². The van der Waals surface area contributed by atoms with E-state index in [2.05, 4.69) is 63.7 Å². The van der Waals surface area contributed by atoms with E-state index in [4.69, 9.17) is 0 Å². The highest BCUT2D eigenvalue weighted by atomic mass is 32.1. The smallest absolute Gasteiger partial charge is 0.193 e. The van der Waals surface area contributed by atoms with Crippen LogP contribution in [0.25, 0.3) is 4.96 Å². The van der Waals surface area contributed by atoms with Crippen molar-refractivity contribution < 1.29 is 0 Å². The van der Waals surface area contributed by atoms with Crippen LogP contribution in [0.15, 0.2) is 42.0 Å². The second-order valence-corrected chi connectivity index (χ2v) is 6.08. The molecule has 0 aliphatic carbocycles. The topological polar surface area (TPSA) is 29.3 Å². The van der Waals surface area contributed by atoms with E-state index in [0.29, 0.717) is 6.04 Å². The summed E-state index contributed by atoms with van der Waals surface area (Å²) in [6.45, 7) is 2.14. The van der Waals surface area contributed by atoms with Gasteiger partial charge in [-0.15, -0.1) is 11.3 Å². The molecular weight excluding hydrogens is 266 g/mol. The van der Waals surface area contributed by atoms with E-state index in [-0.39, 0.29) is 0 Å². The first-order chi connectivity index (χ1) is 9.74. The molecule has 3 nitrogen and oxygen atoms in total. The molecule has 0 radical (unpaired) electrons. The van der Waals surface area contributed by atoms with E-state index in [0.717, 1.165) is 23.5 Å². The van der Waals surface area contributed by atoms with Gasteiger partial charge in [0, 0.05) is 30.2 Å². The molecule has 0 amide bonds. The maximum atomic E-state index is 4.66. The molecule has 0 aliphatic heterocycles. The molecular formula is C16H19N3S. The van der Waals surface area contributed by atoms with Crippen molar-refractivity contribution in [2.45, 2.75) is 25.8 Å². The summed E-state index contributed by atoms with van der Waals surface area (Å²) in [4.78, 5) is 5.74. The molecule has 1 N–H and O–H groups in total. The molecule has 0 fully saturated rings. The van der Waals surface area contributed by atoms with Crippen LogP contribution in [0, 0.1) is 6.92 Å². The van der Waals surface area contributed by atoms with Crippen molar-refractivity contribution in [1.29, 1.82) is 0 Å². The minimum atomic E-state index is 0.418. The van der Waals surface area contributed by atoms with Gasteiger partial charge in [0.25, 0.3) is 0 Å². The fourth-order valence-corrected chi connectivity index (χ4v) is 3.25. The average molecular weight is 285 g/mol. The third-order valence-electron chi connectivity index (χ3n) is 3.57. The van der Waals surface area contributed by atoms with Crippen molar-refractivity contribution in [1.82, 2.24) is 14.7 Å². The molecule has 0 spiro atoms. The fourth-order valence-electron chi connectivity index (χ4n) is 2.53. The summed E-state index contributed by atoms with van der Waals surface area (Å²) in [5, 5.41) is 5.47. The first-order valence-corrected chi connectivity index (χ1v) is 7.76. The number of imidazole rings is 1. The Morgan fingerprint density at radius 1 is 1.35 bits per heavy atom. The van der Waals surface area contributed by atoms with E-state index >= 15 is 0 Å².